The maximum Gasteiger partial charge on any atom is 0.220 e. The van der Waals surface area contributed by atoms with E-state index in [1.165, 1.54) is 6.07 Å². The predicted octanol–water partition coefficient (Wildman–Crippen LogP) is 0.374. The van der Waals surface area contributed by atoms with Crippen LogP contribution >= 0.6 is 0 Å². The average Bonchev–Trinajstić information content (AvgIpc) is 2.37. The molecule has 20 heavy (non-hydrogen) atoms. The molecular weight excluding hydrogens is 278 g/mol. The van der Waals surface area contributed by atoms with Crippen molar-refractivity contribution in [2.24, 2.45) is 11.7 Å². The molecule has 1 saturated heterocycles. The highest BCUT2D eigenvalue weighted by Gasteiger charge is 2.24. The Kier molecular flexibility index (Phi) is 3.89. The van der Waals surface area contributed by atoms with Crippen LogP contribution < -0.4 is 16.4 Å². The van der Waals surface area contributed by atoms with Gasteiger partial charge in [0.05, 0.1) is 16.3 Å². The molecule has 6 nitrogen and oxygen atoms in total. The van der Waals surface area contributed by atoms with Crippen molar-refractivity contribution in [3.63, 3.8) is 0 Å². The standard InChI is InChI=1S/C13H19N3O3S/c1-20(18,19)10-2-3-12(11(14)8-10)16-6-4-9(5-7-16)13(15)17/h2-3,8-9H,4-7,14H2,1H3,(H2,15,17). The molecule has 0 spiro atoms. The van der Waals surface area contributed by atoms with Gasteiger partial charge in [0, 0.05) is 25.3 Å². The number of hydrogen-bond acceptors (Lipinski definition) is 5. The van der Waals surface area contributed by atoms with Crippen LogP contribution in [0.1, 0.15) is 12.8 Å². The van der Waals surface area contributed by atoms with E-state index >= 15 is 0 Å². The minimum Gasteiger partial charge on any atom is -0.397 e. The van der Waals surface area contributed by atoms with Gasteiger partial charge in [-0.15, -0.1) is 0 Å². The topological polar surface area (TPSA) is 106 Å². The third-order valence-corrected chi connectivity index (χ3v) is 4.78. The molecule has 1 aromatic rings. The second kappa shape index (κ2) is 5.32. The molecule has 0 saturated carbocycles. The van der Waals surface area contributed by atoms with E-state index < -0.39 is 9.84 Å². The summed E-state index contributed by atoms with van der Waals surface area (Å²) in [4.78, 5) is 13.4. The van der Waals surface area contributed by atoms with Crippen LogP contribution in [0.2, 0.25) is 0 Å². The molecule has 1 aliphatic heterocycles. The van der Waals surface area contributed by atoms with Gasteiger partial charge < -0.3 is 16.4 Å². The number of amides is 1. The van der Waals surface area contributed by atoms with Crippen molar-refractivity contribution in [3.05, 3.63) is 18.2 Å². The van der Waals surface area contributed by atoms with Gasteiger partial charge in [0.15, 0.2) is 9.84 Å². The molecule has 0 unspecified atom stereocenters. The van der Waals surface area contributed by atoms with E-state index in [1.54, 1.807) is 12.1 Å². The van der Waals surface area contributed by atoms with Crippen LogP contribution in [0.25, 0.3) is 0 Å². The van der Waals surface area contributed by atoms with Crippen LogP contribution in [0, 0.1) is 5.92 Å². The van der Waals surface area contributed by atoms with E-state index in [9.17, 15) is 13.2 Å². The Hall–Kier alpha value is -1.76. The number of nitrogen functional groups attached to an aromatic ring is 1. The zero-order chi connectivity index (χ0) is 14.9. The Labute approximate surface area is 118 Å². The summed E-state index contributed by atoms with van der Waals surface area (Å²) in [6.45, 7) is 1.38. The average molecular weight is 297 g/mol. The maximum atomic E-state index is 11.5. The van der Waals surface area contributed by atoms with Crippen molar-refractivity contribution in [3.8, 4) is 0 Å². The van der Waals surface area contributed by atoms with Crippen molar-refractivity contribution in [2.75, 3.05) is 30.0 Å². The van der Waals surface area contributed by atoms with Crippen molar-refractivity contribution in [1.29, 1.82) is 0 Å². The number of piperidine rings is 1. The second-order valence-electron chi connectivity index (χ2n) is 5.16. The predicted molar refractivity (Wildman–Crippen MR) is 78.1 cm³/mol. The highest BCUT2D eigenvalue weighted by Crippen LogP contribution is 2.29. The van der Waals surface area contributed by atoms with Gasteiger partial charge in [0.25, 0.3) is 0 Å². The largest absolute Gasteiger partial charge is 0.397 e. The third kappa shape index (κ3) is 3.04. The van der Waals surface area contributed by atoms with E-state index in [0.29, 0.717) is 31.6 Å². The minimum absolute atomic E-state index is 0.0808. The summed E-state index contributed by atoms with van der Waals surface area (Å²) in [6, 6.07) is 4.75. The van der Waals surface area contributed by atoms with E-state index in [1.807, 2.05) is 0 Å². The first-order chi connectivity index (χ1) is 9.29. The van der Waals surface area contributed by atoms with E-state index in [0.717, 1.165) is 11.9 Å². The number of rotatable bonds is 3. The lowest BCUT2D eigenvalue weighted by Gasteiger charge is -2.33. The Morgan fingerprint density at radius 2 is 1.90 bits per heavy atom. The van der Waals surface area contributed by atoms with Gasteiger partial charge in [0.1, 0.15) is 0 Å². The first-order valence-electron chi connectivity index (χ1n) is 6.43. The maximum absolute atomic E-state index is 11.5. The quantitative estimate of drug-likeness (QED) is 0.784. The van der Waals surface area contributed by atoms with E-state index in [4.69, 9.17) is 11.5 Å². The molecule has 2 rings (SSSR count). The number of carbonyl (C=O) groups is 1. The fourth-order valence-electron chi connectivity index (χ4n) is 2.46. The number of benzene rings is 1. The molecule has 7 heteroatoms. The molecule has 0 bridgehead atoms. The molecule has 1 fully saturated rings. The minimum atomic E-state index is -3.25. The van der Waals surface area contributed by atoms with Crippen molar-refractivity contribution < 1.29 is 13.2 Å². The molecule has 0 aliphatic carbocycles. The molecule has 1 aromatic carbocycles. The number of hydrogen-bond donors (Lipinski definition) is 2. The van der Waals surface area contributed by atoms with E-state index in [-0.39, 0.29) is 16.7 Å². The molecule has 1 amide bonds. The Balaban J connectivity index is 2.17. The van der Waals surface area contributed by atoms with Gasteiger partial charge in [-0.25, -0.2) is 8.42 Å². The van der Waals surface area contributed by atoms with Crippen LogP contribution in [0.15, 0.2) is 23.1 Å². The van der Waals surface area contributed by atoms with Gasteiger partial charge in [-0.2, -0.15) is 0 Å². The van der Waals surface area contributed by atoms with Crippen molar-refractivity contribution in [1.82, 2.24) is 0 Å². The zero-order valence-corrected chi connectivity index (χ0v) is 12.2. The fourth-order valence-corrected chi connectivity index (χ4v) is 3.11. The van der Waals surface area contributed by atoms with Gasteiger partial charge >= 0.3 is 0 Å². The van der Waals surface area contributed by atoms with Crippen LogP contribution in [0.5, 0.6) is 0 Å². The number of nitrogens with zero attached hydrogens (tertiary/aromatic N) is 1. The zero-order valence-electron chi connectivity index (χ0n) is 11.4. The first-order valence-corrected chi connectivity index (χ1v) is 8.32. The van der Waals surface area contributed by atoms with Crippen LogP contribution in [0.4, 0.5) is 11.4 Å². The van der Waals surface area contributed by atoms with Crippen molar-refractivity contribution in [2.45, 2.75) is 17.7 Å². The summed E-state index contributed by atoms with van der Waals surface area (Å²) in [7, 11) is -3.25. The van der Waals surface area contributed by atoms with Crippen LogP contribution in [-0.4, -0.2) is 33.7 Å². The molecule has 0 aromatic heterocycles. The molecular formula is C13H19N3O3S. The fraction of sp³-hybridized carbons (Fsp3) is 0.462. The van der Waals surface area contributed by atoms with Crippen molar-refractivity contribution >= 4 is 27.1 Å². The highest BCUT2D eigenvalue weighted by atomic mass is 32.2. The monoisotopic (exact) mass is 297 g/mol. The van der Waals surface area contributed by atoms with E-state index in [2.05, 4.69) is 4.90 Å². The van der Waals surface area contributed by atoms with Crippen LogP contribution in [0.3, 0.4) is 0 Å². The molecule has 4 N–H and O–H groups in total. The molecule has 1 heterocycles. The molecule has 0 radical (unpaired) electrons. The van der Waals surface area contributed by atoms with Gasteiger partial charge in [-0.3, -0.25) is 4.79 Å². The summed E-state index contributed by atoms with van der Waals surface area (Å²) in [5.74, 6) is -0.340. The second-order valence-corrected chi connectivity index (χ2v) is 7.17. The highest BCUT2D eigenvalue weighted by molar-refractivity contribution is 7.90. The number of anilines is 2. The smallest absolute Gasteiger partial charge is 0.220 e. The summed E-state index contributed by atoms with van der Waals surface area (Å²) in [5, 5.41) is 0. The lowest BCUT2D eigenvalue weighted by molar-refractivity contribution is -0.122. The molecule has 110 valence electrons. The lowest BCUT2D eigenvalue weighted by Crippen LogP contribution is -2.38. The molecule has 0 atom stereocenters. The lowest BCUT2D eigenvalue weighted by atomic mass is 9.96. The summed E-state index contributed by atoms with van der Waals surface area (Å²) in [6.07, 6.45) is 2.55. The Bertz CT molecular complexity index is 620. The summed E-state index contributed by atoms with van der Waals surface area (Å²) in [5.41, 5.74) is 12.5. The Morgan fingerprint density at radius 1 is 1.30 bits per heavy atom. The first kappa shape index (κ1) is 14.6. The Morgan fingerprint density at radius 3 is 2.35 bits per heavy atom. The summed E-state index contributed by atoms with van der Waals surface area (Å²) < 4.78 is 22.9. The van der Waals surface area contributed by atoms with Crippen LogP contribution in [-0.2, 0) is 14.6 Å². The normalized spacial score (nSPS) is 17.1. The van der Waals surface area contributed by atoms with Gasteiger partial charge in [0.2, 0.25) is 5.91 Å². The SMILES string of the molecule is CS(=O)(=O)c1ccc(N2CCC(C(N)=O)CC2)c(N)c1. The van der Waals surface area contributed by atoms with Gasteiger partial charge in [-0.1, -0.05) is 0 Å². The molecule has 1 aliphatic rings. The number of carbonyl (C=O) groups excluding carboxylic acids is 1. The van der Waals surface area contributed by atoms with Gasteiger partial charge in [-0.05, 0) is 31.0 Å². The number of primary amides is 1. The number of nitrogens with two attached hydrogens (primary N) is 2. The third-order valence-electron chi connectivity index (χ3n) is 3.67. The number of sulfone groups is 1. The summed E-state index contributed by atoms with van der Waals surface area (Å²) >= 11 is 0.